The van der Waals surface area contributed by atoms with Gasteiger partial charge in [0, 0.05) is 42.1 Å². The Kier molecular flexibility index (Phi) is 2.61. The average Bonchev–Trinajstić information content (AvgIpc) is 2.96. The summed E-state index contributed by atoms with van der Waals surface area (Å²) in [4.78, 5) is 2.56. The zero-order valence-corrected chi connectivity index (χ0v) is 11.9. The molecule has 3 nitrogen and oxygen atoms in total. The molecule has 2 aliphatic heterocycles. The molecular formula is C17H19N3. The number of aromatic nitrogens is 1. The normalized spacial score (nSPS) is 23.8. The molecule has 1 aromatic heterocycles. The fourth-order valence-corrected chi connectivity index (χ4v) is 4.01. The largest absolute Gasteiger partial charge is 0.342 e. The number of hydrogen-bond donors (Lipinski definition) is 0. The number of benzene rings is 1. The molecule has 3 heteroatoms. The monoisotopic (exact) mass is 265 g/mol. The first kappa shape index (κ1) is 12.0. The van der Waals surface area contributed by atoms with Crippen molar-refractivity contribution in [1.82, 2.24) is 9.47 Å². The van der Waals surface area contributed by atoms with Gasteiger partial charge in [0.1, 0.15) is 0 Å². The summed E-state index contributed by atoms with van der Waals surface area (Å²) in [5.74, 6) is 0.700. The standard InChI is InChI=1S/C17H19N3/c1-12-3-4-15-14(9-12)17-13-5-8-19(10-13)11-16(17)20(15)7-2-6-18/h3-4,9,13H,2,5,7-8,10-11H2,1H3. The van der Waals surface area contributed by atoms with Crippen LogP contribution in [0.2, 0.25) is 0 Å². The number of nitrogens with zero attached hydrogens (tertiary/aromatic N) is 3. The lowest BCUT2D eigenvalue weighted by molar-refractivity contribution is 0.304. The molecule has 2 aromatic rings. The van der Waals surface area contributed by atoms with Gasteiger partial charge in [0.05, 0.1) is 12.5 Å². The predicted octanol–water partition coefficient (Wildman–Crippen LogP) is 3.17. The van der Waals surface area contributed by atoms with Gasteiger partial charge in [0.2, 0.25) is 0 Å². The molecule has 2 bridgehead atoms. The second-order valence-electron chi connectivity index (χ2n) is 6.16. The minimum atomic E-state index is 0.592. The fourth-order valence-electron chi connectivity index (χ4n) is 4.01. The summed E-state index contributed by atoms with van der Waals surface area (Å²) in [7, 11) is 0. The highest BCUT2D eigenvalue weighted by atomic mass is 15.2. The Labute approximate surface area is 119 Å². The fraction of sp³-hybridized carbons (Fsp3) is 0.471. The highest BCUT2D eigenvalue weighted by Crippen LogP contribution is 2.42. The Bertz CT molecular complexity index is 720. The SMILES string of the molecule is Cc1ccc2c(c1)c1c(n2CCC#N)CN2CCC1C2. The molecule has 3 heterocycles. The van der Waals surface area contributed by atoms with Crippen LogP contribution in [-0.2, 0) is 13.1 Å². The van der Waals surface area contributed by atoms with Crippen LogP contribution in [0.15, 0.2) is 18.2 Å². The molecule has 2 aliphatic rings. The molecule has 0 saturated carbocycles. The third-order valence-corrected chi connectivity index (χ3v) is 4.87. The van der Waals surface area contributed by atoms with Gasteiger partial charge in [0.15, 0.2) is 0 Å². The van der Waals surface area contributed by atoms with E-state index in [4.69, 9.17) is 5.26 Å². The smallest absolute Gasteiger partial charge is 0.0640 e. The summed E-state index contributed by atoms with van der Waals surface area (Å²) in [6.07, 6.45) is 1.88. The Morgan fingerprint density at radius 2 is 2.30 bits per heavy atom. The summed E-state index contributed by atoms with van der Waals surface area (Å²) in [5.41, 5.74) is 5.70. The molecule has 0 amide bonds. The first-order valence-electron chi connectivity index (χ1n) is 7.49. The summed E-state index contributed by atoms with van der Waals surface area (Å²) in [6.45, 7) is 6.50. The first-order valence-corrected chi connectivity index (χ1v) is 7.49. The maximum Gasteiger partial charge on any atom is 0.0640 e. The molecule has 0 N–H and O–H groups in total. The van der Waals surface area contributed by atoms with Crippen molar-refractivity contribution < 1.29 is 0 Å². The molecule has 0 spiro atoms. The zero-order valence-electron chi connectivity index (χ0n) is 11.9. The van der Waals surface area contributed by atoms with E-state index in [0.717, 1.165) is 13.1 Å². The van der Waals surface area contributed by atoms with Gasteiger partial charge in [-0.2, -0.15) is 5.26 Å². The van der Waals surface area contributed by atoms with Crippen LogP contribution < -0.4 is 0 Å². The predicted molar refractivity (Wildman–Crippen MR) is 79.5 cm³/mol. The number of aryl methyl sites for hydroxylation is 2. The van der Waals surface area contributed by atoms with E-state index in [9.17, 15) is 0 Å². The van der Waals surface area contributed by atoms with Gasteiger partial charge in [0.25, 0.3) is 0 Å². The third-order valence-electron chi connectivity index (χ3n) is 4.87. The lowest BCUT2D eigenvalue weighted by Crippen LogP contribution is -2.26. The van der Waals surface area contributed by atoms with Crippen molar-refractivity contribution >= 4 is 10.9 Å². The van der Waals surface area contributed by atoms with Crippen molar-refractivity contribution in [2.45, 2.75) is 38.8 Å². The van der Waals surface area contributed by atoms with E-state index < -0.39 is 0 Å². The average molecular weight is 265 g/mol. The van der Waals surface area contributed by atoms with Crippen molar-refractivity contribution in [2.24, 2.45) is 0 Å². The van der Waals surface area contributed by atoms with Crippen LogP contribution in [0.25, 0.3) is 10.9 Å². The third kappa shape index (κ3) is 1.61. The Hall–Kier alpha value is -1.79. The summed E-state index contributed by atoms with van der Waals surface area (Å²) >= 11 is 0. The first-order chi connectivity index (χ1) is 9.78. The molecule has 1 fully saturated rings. The van der Waals surface area contributed by atoms with E-state index in [0.29, 0.717) is 12.3 Å². The van der Waals surface area contributed by atoms with Gasteiger partial charge < -0.3 is 4.57 Å². The molecular weight excluding hydrogens is 246 g/mol. The minimum absolute atomic E-state index is 0.592. The van der Waals surface area contributed by atoms with E-state index in [1.165, 1.54) is 41.7 Å². The number of nitriles is 1. The molecule has 102 valence electrons. The van der Waals surface area contributed by atoms with Gasteiger partial charge in [-0.05, 0) is 37.6 Å². The number of hydrogen-bond acceptors (Lipinski definition) is 2. The van der Waals surface area contributed by atoms with Crippen molar-refractivity contribution in [2.75, 3.05) is 13.1 Å². The van der Waals surface area contributed by atoms with Crippen LogP contribution in [0.3, 0.4) is 0 Å². The van der Waals surface area contributed by atoms with E-state index in [2.05, 4.69) is 40.7 Å². The highest BCUT2D eigenvalue weighted by Gasteiger charge is 2.35. The van der Waals surface area contributed by atoms with Crippen molar-refractivity contribution in [3.63, 3.8) is 0 Å². The van der Waals surface area contributed by atoms with Crippen molar-refractivity contribution in [3.8, 4) is 6.07 Å². The van der Waals surface area contributed by atoms with Crippen LogP contribution in [-0.4, -0.2) is 22.6 Å². The van der Waals surface area contributed by atoms with E-state index in [-0.39, 0.29) is 0 Å². The maximum atomic E-state index is 8.93. The lowest BCUT2D eigenvalue weighted by Gasteiger charge is -2.24. The Morgan fingerprint density at radius 1 is 1.40 bits per heavy atom. The molecule has 4 rings (SSSR count). The minimum Gasteiger partial charge on any atom is -0.342 e. The zero-order chi connectivity index (χ0) is 13.7. The molecule has 0 radical (unpaired) electrons. The number of fused-ring (bicyclic) bond motifs is 6. The van der Waals surface area contributed by atoms with Crippen LogP contribution in [0, 0.1) is 18.3 Å². The van der Waals surface area contributed by atoms with Crippen LogP contribution >= 0.6 is 0 Å². The van der Waals surface area contributed by atoms with Crippen molar-refractivity contribution in [1.29, 1.82) is 5.26 Å². The van der Waals surface area contributed by atoms with Crippen LogP contribution in [0.1, 0.15) is 35.6 Å². The lowest BCUT2D eigenvalue weighted by atomic mass is 9.93. The van der Waals surface area contributed by atoms with E-state index in [1.54, 1.807) is 5.56 Å². The quantitative estimate of drug-likeness (QED) is 0.835. The molecule has 0 aliphatic carbocycles. The van der Waals surface area contributed by atoms with E-state index in [1.807, 2.05) is 0 Å². The Balaban J connectivity index is 1.97. The second-order valence-corrected chi connectivity index (χ2v) is 6.16. The van der Waals surface area contributed by atoms with Crippen LogP contribution in [0.5, 0.6) is 0 Å². The van der Waals surface area contributed by atoms with Crippen LogP contribution in [0.4, 0.5) is 0 Å². The van der Waals surface area contributed by atoms with Gasteiger partial charge in [-0.25, -0.2) is 0 Å². The molecule has 2 atom stereocenters. The summed E-state index contributed by atoms with van der Waals surface area (Å²) in [5, 5.41) is 10.4. The van der Waals surface area contributed by atoms with Gasteiger partial charge in [-0.1, -0.05) is 11.6 Å². The summed E-state index contributed by atoms with van der Waals surface area (Å²) < 4.78 is 2.40. The molecule has 2 unspecified atom stereocenters. The maximum absolute atomic E-state index is 8.93. The van der Waals surface area contributed by atoms with Gasteiger partial charge in [-0.15, -0.1) is 0 Å². The number of rotatable bonds is 2. The summed E-state index contributed by atoms with van der Waals surface area (Å²) in [6, 6.07) is 9.06. The van der Waals surface area contributed by atoms with Crippen molar-refractivity contribution in [3.05, 3.63) is 35.0 Å². The topological polar surface area (TPSA) is 32.0 Å². The van der Waals surface area contributed by atoms with Gasteiger partial charge in [-0.3, -0.25) is 4.90 Å². The molecule has 1 saturated heterocycles. The molecule has 20 heavy (non-hydrogen) atoms. The van der Waals surface area contributed by atoms with E-state index >= 15 is 0 Å². The van der Waals surface area contributed by atoms with Gasteiger partial charge >= 0.3 is 0 Å². The second kappa shape index (κ2) is 4.36. The highest BCUT2D eigenvalue weighted by molar-refractivity contribution is 5.87. The molecule has 1 aromatic carbocycles. The Morgan fingerprint density at radius 3 is 3.15 bits per heavy atom.